The number of hydrogen-bond acceptors (Lipinski definition) is 6. The van der Waals surface area contributed by atoms with E-state index in [-0.39, 0.29) is 5.91 Å². The van der Waals surface area contributed by atoms with Gasteiger partial charge in [0.05, 0.1) is 23.8 Å². The molecule has 5 rings (SSSR count). The Morgan fingerprint density at radius 1 is 0.971 bits per heavy atom. The smallest absolute Gasteiger partial charge is 0.272 e. The topological polar surface area (TPSA) is 94.8 Å². The highest BCUT2D eigenvalue weighted by Gasteiger charge is 2.18. The van der Waals surface area contributed by atoms with Crippen LogP contribution in [0.4, 0.5) is 0 Å². The van der Waals surface area contributed by atoms with Crippen molar-refractivity contribution in [1.29, 1.82) is 0 Å². The second-order valence-electron chi connectivity index (χ2n) is 7.75. The van der Waals surface area contributed by atoms with E-state index in [9.17, 15) is 4.79 Å². The number of hydrogen-bond donors (Lipinski definition) is 1. The van der Waals surface area contributed by atoms with E-state index in [0.29, 0.717) is 18.1 Å². The standard InChI is InChI=1S/C26H22N6O2/c1-17-4-3-5-25(30-17)32-24(19-8-11-21-22(14-19)28-13-12-27-21)15-23(31-32)26(33)29-16-18-6-9-20(34-2)10-7-18/h3-15H,16H2,1-2H3,(H,29,33). The lowest BCUT2D eigenvalue weighted by molar-refractivity contribution is 0.0945. The van der Waals surface area contributed by atoms with E-state index in [1.54, 1.807) is 30.3 Å². The lowest BCUT2D eigenvalue weighted by Crippen LogP contribution is -2.23. The van der Waals surface area contributed by atoms with Gasteiger partial charge < -0.3 is 10.1 Å². The molecular formula is C26H22N6O2. The fourth-order valence-electron chi connectivity index (χ4n) is 3.66. The minimum atomic E-state index is -0.274. The highest BCUT2D eigenvalue weighted by atomic mass is 16.5. The Hall–Kier alpha value is -4.59. The molecule has 8 nitrogen and oxygen atoms in total. The average molecular weight is 451 g/mol. The zero-order chi connectivity index (χ0) is 23.5. The van der Waals surface area contributed by atoms with Crippen LogP contribution in [0.3, 0.4) is 0 Å². The van der Waals surface area contributed by atoms with Gasteiger partial charge in [0, 0.05) is 30.2 Å². The van der Waals surface area contributed by atoms with E-state index in [4.69, 9.17) is 4.74 Å². The number of rotatable bonds is 6. The van der Waals surface area contributed by atoms with E-state index >= 15 is 0 Å². The van der Waals surface area contributed by atoms with Gasteiger partial charge in [0.25, 0.3) is 5.91 Å². The molecule has 3 aromatic heterocycles. The van der Waals surface area contributed by atoms with Crippen LogP contribution in [0, 0.1) is 6.92 Å². The Morgan fingerprint density at radius 3 is 2.53 bits per heavy atom. The van der Waals surface area contributed by atoms with Crippen LogP contribution in [0.15, 0.2) is 79.1 Å². The van der Waals surface area contributed by atoms with Crippen molar-refractivity contribution in [3.8, 4) is 22.8 Å². The van der Waals surface area contributed by atoms with Crippen LogP contribution in [0.2, 0.25) is 0 Å². The summed E-state index contributed by atoms with van der Waals surface area (Å²) in [5.74, 6) is 1.12. The first-order valence-electron chi connectivity index (χ1n) is 10.8. The summed E-state index contributed by atoms with van der Waals surface area (Å²) in [7, 11) is 1.62. The number of aromatic nitrogens is 5. The molecule has 0 aliphatic carbocycles. The minimum Gasteiger partial charge on any atom is -0.497 e. The predicted molar refractivity (Wildman–Crippen MR) is 129 cm³/mol. The van der Waals surface area contributed by atoms with Gasteiger partial charge in [-0.25, -0.2) is 9.67 Å². The van der Waals surface area contributed by atoms with Crippen molar-refractivity contribution < 1.29 is 9.53 Å². The summed E-state index contributed by atoms with van der Waals surface area (Å²) in [6.45, 7) is 2.29. The number of carbonyl (C=O) groups excluding carboxylic acids is 1. The number of methoxy groups -OCH3 is 1. The number of amides is 1. The molecule has 2 aromatic carbocycles. The molecule has 34 heavy (non-hydrogen) atoms. The Morgan fingerprint density at radius 2 is 1.76 bits per heavy atom. The van der Waals surface area contributed by atoms with Crippen LogP contribution in [0.1, 0.15) is 21.7 Å². The van der Waals surface area contributed by atoms with Crippen LogP contribution >= 0.6 is 0 Å². The molecule has 0 aliphatic heterocycles. The number of ether oxygens (including phenoxy) is 1. The molecule has 0 unspecified atom stereocenters. The molecule has 0 radical (unpaired) electrons. The van der Waals surface area contributed by atoms with Crippen LogP contribution in [-0.2, 0) is 6.54 Å². The molecule has 0 saturated heterocycles. The third-order valence-corrected chi connectivity index (χ3v) is 5.41. The normalized spacial score (nSPS) is 10.9. The highest BCUT2D eigenvalue weighted by molar-refractivity contribution is 5.94. The van der Waals surface area contributed by atoms with E-state index in [1.807, 2.05) is 67.6 Å². The Labute approximate surface area is 196 Å². The molecule has 5 aromatic rings. The number of nitrogens with one attached hydrogen (secondary N) is 1. The van der Waals surface area contributed by atoms with Crippen molar-refractivity contribution in [2.24, 2.45) is 0 Å². The third kappa shape index (κ3) is 4.33. The van der Waals surface area contributed by atoms with Gasteiger partial charge in [-0.3, -0.25) is 14.8 Å². The number of pyridine rings is 1. The molecule has 0 spiro atoms. The van der Waals surface area contributed by atoms with Crippen molar-refractivity contribution >= 4 is 16.9 Å². The van der Waals surface area contributed by atoms with Gasteiger partial charge >= 0.3 is 0 Å². The van der Waals surface area contributed by atoms with Crippen LogP contribution in [0.25, 0.3) is 28.1 Å². The third-order valence-electron chi connectivity index (χ3n) is 5.41. The first-order valence-corrected chi connectivity index (χ1v) is 10.8. The van der Waals surface area contributed by atoms with Crippen LogP contribution < -0.4 is 10.1 Å². The van der Waals surface area contributed by atoms with Crippen molar-refractivity contribution in [2.75, 3.05) is 7.11 Å². The fourth-order valence-corrected chi connectivity index (χ4v) is 3.66. The largest absolute Gasteiger partial charge is 0.497 e. The molecule has 168 valence electrons. The molecule has 0 saturated carbocycles. The van der Waals surface area contributed by atoms with Gasteiger partial charge in [-0.15, -0.1) is 0 Å². The van der Waals surface area contributed by atoms with E-state index < -0.39 is 0 Å². The number of fused-ring (bicyclic) bond motifs is 1. The van der Waals surface area contributed by atoms with Gasteiger partial charge in [0.15, 0.2) is 11.5 Å². The van der Waals surface area contributed by atoms with Crippen LogP contribution in [-0.4, -0.2) is 37.7 Å². The number of benzene rings is 2. The van der Waals surface area contributed by atoms with Crippen molar-refractivity contribution in [3.63, 3.8) is 0 Å². The van der Waals surface area contributed by atoms with E-state index in [1.165, 1.54) is 0 Å². The molecule has 0 aliphatic rings. The minimum absolute atomic E-state index is 0.274. The molecule has 0 fully saturated rings. The fraction of sp³-hybridized carbons (Fsp3) is 0.115. The maximum atomic E-state index is 13.0. The zero-order valence-electron chi connectivity index (χ0n) is 18.8. The summed E-state index contributed by atoms with van der Waals surface area (Å²) < 4.78 is 6.87. The number of carbonyl (C=O) groups is 1. The second kappa shape index (κ2) is 9.11. The maximum Gasteiger partial charge on any atom is 0.272 e. The monoisotopic (exact) mass is 450 g/mol. The molecule has 0 bridgehead atoms. The molecular weight excluding hydrogens is 428 g/mol. The Kier molecular flexibility index (Phi) is 5.70. The maximum absolute atomic E-state index is 13.0. The summed E-state index contributed by atoms with van der Waals surface area (Å²) in [6, 6.07) is 20.8. The summed E-state index contributed by atoms with van der Waals surface area (Å²) >= 11 is 0. The van der Waals surface area contributed by atoms with E-state index in [2.05, 4.69) is 25.4 Å². The lowest BCUT2D eigenvalue weighted by Gasteiger charge is -2.08. The second-order valence-corrected chi connectivity index (χ2v) is 7.75. The van der Waals surface area contributed by atoms with Gasteiger partial charge in [-0.05, 0) is 55.0 Å². The average Bonchev–Trinajstić information content (AvgIpc) is 3.33. The van der Waals surface area contributed by atoms with Gasteiger partial charge in [0.2, 0.25) is 0 Å². The zero-order valence-corrected chi connectivity index (χ0v) is 18.8. The van der Waals surface area contributed by atoms with Gasteiger partial charge in [-0.1, -0.05) is 24.3 Å². The van der Waals surface area contributed by atoms with Crippen molar-refractivity contribution in [1.82, 2.24) is 30.0 Å². The lowest BCUT2D eigenvalue weighted by atomic mass is 10.1. The van der Waals surface area contributed by atoms with Crippen LogP contribution in [0.5, 0.6) is 5.75 Å². The predicted octanol–water partition coefficient (Wildman–Crippen LogP) is 4.12. The molecule has 1 amide bonds. The van der Waals surface area contributed by atoms with Gasteiger partial charge in [-0.2, -0.15) is 5.10 Å². The quantitative estimate of drug-likeness (QED) is 0.418. The van der Waals surface area contributed by atoms with Gasteiger partial charge in [0.1, 0.15) is 5.75 Å². The molecule has 1 N–H and O–H groups in total. The summed E-state index contributed by atoms with van der Waals surface area (Å²) in [5, 5.41) is 7.54. The summed E-state index contributed by atoms with van der Waals surface area (Å²) in [6.07, 6.45) is 3.32. The van der Waals surface area contributed by atoms with E-state index in [0.717, 1.165) is 39.3 Å². The molecule has 8 heteroatoms. The van der Waals surface area contributed by atoms with Crippen molar-refractivity contribution in [2.45, 2.75) is 13.5 Å². The number of aryl methyl sites for hydroxylation is 1. The Bertz CT molecular complexity index is 1480. The SMILES string of the molecule is COc1ccc(CNC(=O)c2cc(-c3ccc4nccnc4c3)n(-c3cccc(C)n3)n2)cc1. The number of nitrogens with zero attached hydrogens (tertiary/aromatic N) is 5. The first kappa shape index (κ1) is 21.3. The summed E-state index contributed by atoms with van der Waals surface area (Å²) in [4.78, 5) is 26.3. The van der Waals surface area contributed by atoms with Crippen molar-refractivity contribution in [3.05, 3.63) is 96.1 Å². The summed E-state index contributed by atoms with van der Waals surface area (Å²) in [5.41, 5.74) is 5.26. The first-order chi connectivity index (χ1) is 16.6. The highest BCUT2D eigenvalue weighted by Crippen LogP contribution is 2.26. The Balaban J connectivity index is 1.49. The molecule has 0 atom stereocenters. The molecule has 3 heterocycles.